The molecule has 0 radical (unpaired) electrons. The van der Waals surface area contributed by atoms with Crippen molar-refractivity contribution < 1.29 is 18.7 Å². The molecule has 1 fully saturated rings. The van der Waals surface area contributed by atoms with Crippen molar-refractivity contribution in [3.05, 3.63) is 78.8 Å². The van der Waals surface area contributed by atoms with Gasteiger partial charge in [0.2, 0.25) is 5.91 Å². The largest absolute Gasteiger partial charge is 0.489 e. The van der Waals surface area contributed by atoms with Gasteiger partial charge in [-0.15, -0.1) is 0 Å². The molecule has 5 aromatic rings. The van der Waals surface area contributed by atoms with Crippen LogP contribution in [-0.2, 0) is 4.79 Å². The normalized spacial score (nSPS) is 16.2. The van der Waals surface area contributed by atoms with Crippen molar-refractivity contribution in [1.29, 1.82) is 0 Å². The number of aromatic nitrogens is 5. The number of nitrogens with one attached hydrogen (secondary N) is 1. The number of aryl methyl sites for hydroxylation is 1. The molecule has 1 atom stereocenters. The second kappa shape index (κ2) is 11.7. The first-order valence-corrected chi connectivity index (χ1v) is 14.7. The Morgan fingerprint density at radius 2 is 2.04 bits per heavy atom. The summed E-state index contributed by atoms with van der Waals surface area (Å²) in [5.74, 6) is 1.53. The zero-order chi connectivity index (χ0) is 31.1. The molecule has 230 valence electrons. The van der Waals surface area contributed by atoms with Crippen molar-refractivity contribution >= 4 is 39.6 Å². The highest BCUT2D eigenvalue weighted by Gasteiger charge is 2.36. The number of carbonyl (C=O) groups is 1. The molecular weight excluding hydrogens is 577 g/mol. The van der Waals surface area contributed by atoms with E-state index in [1.54, 1.807) is 22.9 Å². The number of halogens is 1. The summed E-state index contributed by atoms with van der Waals surface area (Å²) in [4.78, 5) is 31.7. The lowest BCUT2D eigenvalue weighted by Crippen LogP contribution is -2.56. The number of ether oxygens (including phenoxy) is 2. The average Bonchev–Trinajstić information content (AvgIpc) is 3.44. The predicted molar refractivity (Wildman–Crippen MR) is 168 cm³/mol. The molecule has 2 aliphatic heterocycles. The topological polar surface area (TPSA) is 113 Å². The van der Waals surface area contributed by atoms with Crippen LogP contribution >= 0.6 is 0 Å². The van der Waals surface area contributed by atoms with Crippen LogP contribution in [0, 0.1) is 12.7 Å². The molecule has 2 aliphatic rings. The third kappa shape index (κ3) is 5.57. The van der Waals surface area contributed by atoms with Gasteiger partial charge >= 0.3 is 0 Å². The zero-order valence-electron chi connectivity index (χ0n) is 25.1. The monoisotopic (exact) mass is 609 g/mol. The van der Waals surface area contributed by atoms with Gasteiger partial charge in [-0.2, -0.15) is 5.10 Å². The van der Waals surface area contributed by atoms with E-state index in [0.717, 1.165) is 5.56 Å². The fraction of sp³-hybridized carbons (Fsp3) is 0.281. The number of benzene rings is 2. The molecule has 5 heterocycles. The number of hydrogen-bond donors (Lipinski definition) is 1. The van der Waals surface area contributed by atoms with Gasteiger partial charge in [0.1, 0.15) is 48.0 Å². The number of piperazine rings is 1. The van der Waals surface area contributed by atoms with Crippen LogP contribution in [0.1, 0.15) is 5.56 Å². The lowest BCUT2D eigenvalue weighted by atomic mass is 10.1. The number of pyridine rings is 1. The number of carbonyl (C=O) groups excluding carboxylic acids is 1. The molecule has 7 rings (SSSR count). The third-order valence-electron chi connectivity index (χ3n) is 7.97. The van der Waals surface area contributed by atoms with E-state index in [1.165, 1.54) is 12.7 Å². The van der Waals surface area contributed by atoms with E-state index in [2.05, 4.69) is 25.4 Å². The van der Waals surface area contributed by atoms with Gasteiger partial charge in [-0.25, -0.2) is 23.9 Å². The summed E-state index contributed by atoms with van der Waals surface area (Å²) in [6.07, 6.45) is 8.13. The van der Waals surface area contributed by atoms with E-state index in [1.807, 2.05) is 72.1 Å². The highest BCUT2D eigenvalue weighted by atomic mass is 19.1. The standard InChI is InChI=1S/C32H32FN9O3/c1-20-13-21(6-7-25(20)45-23-8-10-42-27(14-23)35-19-37-42)38-32-29-24(34-18-36-32)15-26-31(30(29)33)40-11-12-41(22(16-40)17-44-26)28(43)5-4-9-39(2)3/h4-8,10,13-15,18-19,22H,9,11-12,16-17H2,1-3H3,(H,34,36,38)/b5-4+/t22-/m0/s1. The number of fused-ring (bicyclic) bond motifs is 6. The summed E-state index contributed by atoms with van der Waals surface area (Å²) in [6, 6.07) is 10.8. The molecule has 13 heteroatoms. The van der Waals surface area contributed by atoms with E-state index < -0.39 is 5.82 Å². The minimum Gasteiger partial charge on any atom is -0.489 e. The van der Waals surface area contributed by atoms with Gasteiger partial charge in [0, 0.05) is 56.3 Å². The van der Waals surface area contributed by atoms with Gasteiger partial charge < -0.3 is 29.5 Å². The zero-order valence-corrected chi connectivity index (χ0v) is 25.1. The predicted octanol–water partition coefficient (Wildman–Crippen LogP) is 4.18. The SMILES string of the molecule is Cc1cc(Nc2ncnc3cc4c(c(F)c23)N2CCN(C(=O)/C=C/CN(C)C)[C@H](CO4)C2)ccc1Oc1ccn2ncnc2c1. The molecule has 3 aromatic heterocycles. The molecule has 1 saturated heterocycles. The van der Waals surface area contributed by atoms with Gasteiger partial charge in [0.25, 0.3) is 0 Å². The molecule has 2 bridgehead atoms. The summed E-state index contributed by atoms with van der Waals surface area (Å²) in [6.45, 7) is 4.27. The van der Waals surface area contributed by atoms with Gasteiger partial charge in [-0.1, -0.05) is 6.08 Å². The molecule has 0 aliphatic carbocycles. The molecule has 1 N–H and O–H groups in total. The Bertz CT molecular complexity index is 1940. The molecule has 12 nitrogen and oxygen atoms in total. The third-order valence-corrected chi connectivity index (χ3v) is 7.97. The van der Waals surface area contributed by atoms with Crippen LogP contribution in [0.25, 0.3) is 16.6 Å². The van der Waals surface area contributed by atoms with Gasteiger partial charge in [-0.05, 0) is 50.8 Å². The Morgan fingerprint density at radius 1 is 1.16 bits per heavy atom. The average molecular weight is 610 g/mol. The maximum Gasteiger partial charge on any atom is 0.246 e. The lowest BCUT2D eigenvalue weighted by Gasteiger charge is -2.39. The van der Waals surface area contributed by atoms with E-state index in [4.69, 9.17) is 9.47 Å². The number of rotatable bonds is 7. The number of likely N-dealkylation sites (N-methyl/N-ethyl adjacent to an activating group) is 1. The van der Waals surface area contributed by atoms with E-state index in [-0.39, 0.29) is 23.9 Å². The Hall–Kier alpha value is -5.30. The van der Waals surface area contributed by atoms with Crippen molar-refractivity contribution in [3.63, 3.8) is 0 Å². The molecule has 45 heavy (non-hydrogen) atoms. The van der Waals surface area contributed by atoms with Crippen LogP contribution < -0.4 is 19.7 Å². The first kappa shape index (κ1) is 28.5. The Morgan fingerprint density at radius 3 is 2.89 bits per heavy atom. The van der Waals surface area contributed by atoms with E-state index in [0.29, 0.717) is 71.8 Å². The number of amides is 1. The first-order valence-electron chi connectivity index (χ1n) is 14.7. The van der Waals surface area contributed by atoms with Crippen molar-refractivity contribution in [2.24, 2.45) is 0 Å². The number of anilines is 3. The van der Waals surface area contributed by atoms with Crippen molar-refractivity contribution in [1.82, 2.24) is 34.4 Å². The maximum atomic E-state index is 16.5. The van der Waals surface area contributed by atoms with Crippen LogP contribution in [0.3, 0.4) is 0 Å². The smallest absolute Gasteiger partial charge is 0.246 e. The van der Waals surface area contributed by atoms with Crippen molar-refractivity contribution in [2.75, 3.05) is 57.1 Å². The molecule has 0 unspecified atom stereocenters. The molecular formula is C32H32FN9O3. The van der Waals surface area contributed by atoms with Crippen LogP contribution in [0.4, 0.5) is 21.6 Å². The van der Waals surface area contributed by atoms with Crippen molar-refractivity contribution in [3.8, 4) is 17.2 Å². The second-order valence-corrected chi connectivity index (χ2v) is 11.4. The fourth-order valence-electron chi connectivity index (χ4n) is 5.75. The molecule has 0 spiro atoms. The minimum absolute atomic E-state index is 0.0675. The van der Waals surface area contributed by atoms with Crippen LogP contribution in [-0.4, -0.2) is 93.2 Å². The quantitative estimate of drug-likeness (QED) is 0.270. The summed E-state index contributed by atoms with van der Waals surface area (Å²) in [5, 5.41) is 7.65. The Balaban J connectivity index is 1.13. The summed E-state index contributed by atoms with van der Waals surface area (Å²) >= 11 is 0. The fourth-order valence-corrected chi connectivity index (χ4v) is 5.75. The van der Waals surface area contributed by atoms with Crippen LogP contribution in [0.15, 0.2) is 67.4 Å². The summed E-state index contributed by atoms with van der Waals surface area (Å²) < 4.78 is 30.4. The van der Waals surface area contributed by atoms with Crippen LogP contribution in [0.5, 0.6) is 17.2 Å². The van der Waals surface area contributed by atoms with Gasteiger partial charge in [0.05, 0.1) is 16.9 Å². The number of nitrogens with zero attached hydrogens (tertiary/aromatic N) is 8. The Labute approximate surface area is 258 Å². The number of hydrogen-bond acceptors (Lipinski definition) is 10. The van der Waals surface area contributed by atoms with E-state index >= 15 is 4.39 Å². The van der Waals surface area contributed by atoms with Gasteiger partial charge in [0.15, 0.2) is 11.5 Å². The second-order valence-electron chi connectivity index (χ2n) is 11.4. The highest BCUT2D eigenvalue weighted by molar-refractivity contribution is 5.96. The Kier molecular flexibility index (Phi) is 7.37. The van der Waals surface area contributed by atoms with Crippen molar-refractivity contribution in [2.45, 2.75) is 13.0 Å². The first-order chi connectivity index (χ1) is 21.8. The molecule has 1 amide bonds. The minimum atomic E-state index is -0.461. The molecule has 0 saturated carbocycles. The molecule has 2 aromatic carbocycles. The summed E-state index contributed by atoms with van der Waals surface area (Å²) in [7, 11) is 3.90. The van der Waals surface area contributed by atoms with E-state index in [9.17, 15) is 4.79 Å². The van der Waals surface area contributed by atoms with Crippen LogP contribution in [0.2, 0.25) is 0 Å². The lowest BCUT2D eigenvalue weighted by molar-refractivity contribution is -0.129. The maximum absolute atomic E-state index is 16.5. The highest BCUT2D eigenvalue weighted by Crippen LogP contribution is 2.42. The van der Waals surface area contributed by atoms with Gasteiger partial charge in [-0.3, -0.25) is 4.79 Å². The summed E-state index contributed by atoms with van der Waals surface area (Å²) in [5.41, 5.74) is 3.05.